The van der Waals surface area contributed by atoms with Crippen LogP contribution in [0.2, 0.25) is 0 Å². The first-order valence-electron chi connectivity index (χ1n) is 11.2. The van der Waals surface area contributed by atoms with Gasteiger partial charge in [0.15, 0.2) is 0 Å². The zero-order valence-electron chi connectivity index (χ0n) is 20.5. The normalized spacial score (nSPS) is 12.4. The second-order valence-electron chi connectivity index (χ2n) is 7.32. The maximum absolute atomic E-state index is 11.2. The fourth-order valence-electron chi connectivity index (χ4n) is 2.73. The highest BCUT2D eigenvalue weighted by molar-refractivity contribution is 5.98. The van der Waals surface area contributed by atoms with Crippen LogP contribution in [-0.2, 0) is 14.4 Å². The summed E-state index contributed by atoms with van der Waals surface area (Å²) in [5.41, 5.74) is 5.12. The van der Waals surface area contributed by atoms with Gasteiger partial charge in [0, 0.05) is 33.2 Å². The first-order valence-corrected chi connectivity index (χ1v) is 11.2. The SMILES string of the molecule is CCNC(=N)CC(=O)NCC.CNC(=N)CC(=O)NC.N=C(N)CC(=O)NC1CCCCC1. The van der Waals surface area contributed by atoms with Gasteiger partial charge in [-0.25, -0.2) is 0 Å². The number of nitrogens with one attached hydrogen (secondary N) is 8. The van der Waals surface area contributed by atoms with E-state index in [-0.39, 0.29) is 54.5 Å². The van der Waals surface area contributed by atoms with Gasteiger partial charge in [0.05, 0.1) is 25.1 Å². The molecule has 0 aromatic heterocycles. The molecule has 0 spiro atoms. The lowest BCUT2D eigenvalue weighted by Gasteiger charge is -2.22. The molecular formula is C21H43N9O3. The molecule has 3 amide bonds. The maximum Gasteiger partial charge on any atom is 0.227 e. The third kappa shape index (κ3) is 21.8. The topological polar surface area (TPSA) is 209 Å². The van der Waals surface area contributed by atoms with Gasteiger partial charge in [0.25, 0.3) is 0 Å². The van der Waals surface area contributed by atoms with Crippen molar-refractivity contribution >= 4 is 35.2 Å². The Morgan fingerprint density at radius 3 is 1.76 bits per heavy atom. The summed E-state index contributed by atoms with van der Waals surface area (Å²) in [5, 5.41) is 34.4. The van der Waals surface area contributed by atoms with E-state index in [2.05, 4.69) is 26.6 Å². The van der Waals surface area contributed by atoms with Crippen molar-refractivity contribution in [3.63, 3.8) is 0 Å². The summed E-state index contributed by atoms with van der Waals surface area (Å²) in [5.74, 6) is 0.0910. The van der Waals surface area contributed by atoms with Crippen molar-refractivity contribution in [1.29, 1.82) is 16.2 Å². The number of carbonyl (C=O) groups is 3. The zero-order chi connectivity index (χ0) is 25.6. The molecule has 1 rings (SSSR count). The predicted octanol–water partition coefficient (Wildman–Crippen LogP) is 0.180. The maximum atomic E-state index is 11.2. The Labute approximate surface area is 197 Å². The Bertz CT molecular complexity index is 602. The van der Waals surface area contributed by atoms with Crippen LogP contribution >= 0.6 is 0 Å². The smallest absolute Gasteiger partial charge is 0.227 e. The molecule has 0 radical (unpaired) electrons. The third-order valence-electron chi connectivity index (χ3n) is 4.34. The molecule has 0 unspecified atom stereocenters. The number of hydrogen-bond donors (Lipinski definition) is 9. The van der Waals surface area contributed by atoms with Crippen LogP contribution in [0.15, 0.2) is 0 Å². The molecule has 0 aliphatic heterocycles. The highest BCUT2D eigenvalue weighted by Gasteiger charge is 2.15. The Balaban J connectivity index is 0. The monoisotopic (exact) mass is 469 g/mol. The van der Waals surface area contributed by atoms with Crippen molar-refractivity contribution in [2.45, 2.75) is 71.3 Å². The van der Waals surface area contributed by atoms with E-state index in [9.17, 15) is 14.4 Å². The van der Waals surface area contributed by atoms with Crippen molar-refractivity contribution in [2.24, 2.45) is 5.73 Å². The molecule has 0 heterocycles. The Kier molecular flexibility index (Phi) is 20.1. The first-order chi connectivity index (χ1) is 15.6. The number of hydrogen-bond acceptors (Lipinski definition) is 6. The summed E-state index contributed by atoms with van der Waals surface area (Å²) < 4.78 is 0. The fraction of sp³-hybridized carbons (Fsp3) is 0.714. The van der Waals surface area contributed by atoms with Gasteiger partial charge < -0.3 is 32.3 Å². The van der Waals surface area contributed by atoms with E-state index >= 15 is 0 Å². The van der Waals surface area contributed by atoms with Gasteiger partial charge in [0.2, 0.25) is 17.7 Å². The van der Waals surface area contributed by atoms with E-state index in [1.807, 2.05) is 13.8 Å². The van der Waals surface area contributed by atoms with Crippen molar-refractivity contribution in [2.75, 3.05) is 27.2 Å². The van der Waals surface area contributed by atoms with Crippen molar-refractivity contribution in [3.8, 4) is 0 Å². The van der Waals surface area contributed by atoms with Gasteiger partial charge in [-0.05, 0) is 26.7 Å². The van der Waals surface area contributed by atoms with Gasteiger partial charge in [-0.3, -0.25) is 30.6 Å². The highest BCUT2D eigenvalue weighted by Crippen LogP contribution is 2.17. The van der Waals surface area contributed by atoms with E-state index < -0.39 is 0 Å². The molecule has 10 N–H and O–H groups in total. The van der Waals surface area contributed by atoms with Crippen molar-refractivity contribution in [1.82, 2.24) is 26.6 Å². The van der Waals surface area contributed by atoms with Crippen molar-refractivity contribution in [3.05, 3.63) is 0 Å². The average Bonchev–Trinajstić information content (AvgIpc) is 2.74. The summed E-state index contributed by atoms with van der Waals surface area (Å²) in [6.07, 6.45) is 6.15. The summed E-state index contributed by atoms with van der Waals surface area (Å²) >= 11 is 0. The molecule has 0 bridgehead atoms. The van der Waals surface area contributed by atoms with Gasteiger partial charge in [-0.1, -0.05) is 19.3 Å². The lowest BCUT2D eigenvalue weighted by atomic mass is 9.95. The number of nitrogens with two attached hydrogens (primary N) is 1. The molecule has 0 atom stereocenters. The molecule has 0 aromatic carbocycles. The van der Waals surface area contributed by atoms with Gasteiger partial charge in [-0.15, -0.1) is 0 Å². The molecule has 33 heavy (non-hydrogen) atoms. The number of amides is 3. The largest absolute Gasteiger partial charge is 0.387 e. The van der Waals surface area contributed by atoms with E-state index in [0.29, 0.717) is 19.1 Å². The van der Waals surface area contributed by atoms with E-state index in [1.165, 1.54) is 19.3 Å². The minimum Gasteiger partial charge on any atom is -0.387 e. The molecule has 0 aromatic rings. The minimum atomic E-state index is -0.144. The molecule has 190 valence electrons. The molecule has 1 aliphatic rings. The Morgan fingerprint density at radius 2 is 1.30 bits per heavy atom. The highest BCUT2D eigenvalue weighted by atomic mass is 16.2. The number of carbonyl (C=O) groups excluding carboxylic acids is 3. The summed E-state index contributed by atoms with van der Waals surface area (Å²) in [7, 11) is 3.16. The van der Waals surface area contributed by atoms with Crippen LogP contribution in [-0.4, -0.2) is 68.5 Å². The van der Waals surface area contributed by atoms with Crippen LogP contribution in [0, 0.1) is 16.2 Å². The second kappa shape index (κ2) is 20.7. The van der Waals surface area contributed by atoms with Gasteiger partial charge in [0.1, 0.15) is 11.7 Å². The molecule has 12 heteroatoms. The molecule has 1 aliphatic carbocycles. The van der Waals surface area contributed by atoms with E-state index in [0.717, 1.165) is 12.8 Å². The lowest BCUT2D eigenvalue weighted by molar-refractivity contribution is -0.121. The minimum absolute atomic E-state index is 0.0382. The number of rotatable bonds is 9. The first kappa shape index (κ1) is 32.0. The van der Waals surface area contributed by atoms with Crippen LogP contribution in [0.4, 0.5) is 0 Å². The van der Waals surface area contributed by atoms with Crippen LogP contribution in [0.25, 0.3) is 0 Å². The van der Waals surface area contributed by atoms with Crippen molar-refractivity contribution < 1.29 is 14.4 Å². The standard InChI is InChI=1S/C9H17N3O.C7H15N3O.C5H11N3O/c10-8(11)6-9(13)12-7-4-2-1-3-5-7;1-3-9-6(8)5-7(11)10-4-2;1-7-4(6)3-5(9)8-2/h7H,1-6H2,(H3,10,11)(H,12,13);3-5H2,1-2H3,(H2,8,9)(H,10,11);3H2,1-2H3,(H2,6,7)(H,8,9). The molecule has 1 saturated carbocycles. The quantitative estimate of drug-likeness (QED) is 0.170. The second-order valence-corrected chi connectivity index (χ2v) is 7.32. The van der Waals surface area contributed by atoms with Crippen LogP contribution in [0.1, 0.15) is 65.2 Å². The molecular weight excluding hydrogens is 426 g/mol. The zero-order valence-corrected chi connectivity index (χ0v) is 20.5. The third-order valence-corrected chi connectivity index (χ3v) is 4.34. The lowest BCUT2D eigenvalue weighted by Crippen LogP contribution is -2.37. The summed E-state index contributed by atoms with van der Waals surface area (Å²) in [6, 6.07) is 0.320. The van der Waals surface area contributed by atoms with E-state index in [4.69, 9.17) is 22.0 Å². The molecule has 12 nitrogen and oxygen atoms in total. The van der Waals surface area contributed by atoms with Gasteiger partial charge >= 0.3 is 0 Å². The molecule has 1 fully saturated rings. The van der Waals surface area contributed by atoms with Crippen LogP contribution < -0.4 is 32.3 Å². The predicted molar refractivity (Wildman–Crippen MR) is 132 cm³/mol. The Morgan fingerprint density at radius 1 is 0.758 bits per heavy atom. The average molecular weight is 470 g/mol. The summed E-state index contributed by atoms with van der Waals surface area (Å²) in [4.78, 5) is 32.5. The molecule has 0 saturated heterocycles. The van der Waals surface area contributed by atoms with Gasteiger partial charge in [-0.2, -0.15) is 0 Å². The number of amidine groups is 3. The fourth-order valence-corrected chi connectivity index (χ4v) is 2.73. The van der Waals surface area contributed by atoms with E-state index in [1.54, 1.807) is 14.1 Å². The Hall–Kier alpha value is -3.18. The van der Waals surface area contributed by atoms with Crippen LogP contribution in [0.3, 0.4) is 0 Å². The van der Waals surface area contributed by atoms with Crippen LogP contribution in [0.5, 0.6) is 0 Å². The summed E-state index contributed by atoms with van der Waals surface area (Å²) in [6.45, 7) is 5.07.